The van der Waals surface area contributed by atoms with Crippen LogP contribution in [0, 0.1) is 0 Å². The Balaban J connectivity index is 2.06. The van der Waals surface area contributed by atoms with Crippen LogP contribution in [0.3, 0.4) is 0 Å². The first-order valence-electron chi connectivity index (χ1n) is 6.07. The Morgan fingerprint density at radius 3 is 3.06 bits per heavy atom. The predicted molar refractivity (Wildman–Crippen MR) is 69.9 cm³/mol. The monoisotopic (exact) mass is 241 g/mol. The highest BCUT2D eigenvalue weighted by Gasteiger charge is 2.21. The number of pyridine rings is 1. The molecular formula is C13H15N5. The molecule has 5 heteroatoms. The van der Waals surface area contributed by atoms with Gasteiger partial charge >= 0.3 is 0 Å². The Kier molecular flexibility index (Phi) is 2.90. The average Bonchev–Trinajstić information content (AvgIpc) is 2.92. The van der Waals surface area contributed by atoms with E-state index in [1.807, 2.05) is 18.3 Å². The van der Waals surface area contributed by atoms with Crippen molar-refractivity contribution in [3.8, 4) is 11.1 Å². The van der Waals surface area contributed by atoms with Gasteiger partial charge in [0.05, 0.1) is 5.69 Å². The van der Waals surface area contributed by atoms with Crippen molar-refractivity contribution in [3.05, 3.63) is 36.5 Å². The van der Waals surface area contributed by atoms with E-state index in [1.165, 1.54) is 0 Å². The van der Waals surface area contributed by atoms with Crippen LogP contribution in [0.4, 0.5) is 5.82 Å². The van der Waals surface area contributed by atoms with E-state index in [4.69, 9.17) is 5.73 Å². The molecule has 3 N–H and O–H groups in total. The Labute approximate surface area is 105 Å². The standard InChI is InChI=1S/C13H15N5/c14-12-5-9(2-4-17-12)11-7-16-8-18-13(11)10-1-3-15-6-10/h2,4-5,7-8,10,15H,1,3,6H2,(H2,14,17)/t10-/m0/s1. The van der Waals surface area contributed by atoms with E-state index >= 15 is 0 Å². The van der Waals surface area contributed by atoms with Crippen LogP contribution in [-0.2, 0) is 0 Å². The quantitative estimate of drug-likeness (QED) is 0.826. The summed E-state index contributed by atoms with van der Waals surface area (Å²) in [4.78, 5) is 12.6. The Hall–Kier alpha value is -2.01. The van der Waals surface area contributed by atoms with Crippen LogP contribution in [0.5, 0.6) is 0 Å². The number of nitrogens with zero attached hydrogens (tertiary/aromatic N) is 3. The molecule has 1 atom stereocenters. The van der Waals surface area contributed by atoms with Gasteiger partial charge in [-0.1, -0.05) is 0 Å². The van der Waals surface area contributed by atoms with E-state index in [9.17, 15) is 0 Å². The summed E-state index contributed by atoms with van der Waals surface area (Å²) in [5, 5.41) is 3.36. The number of nitrogens with one attached hydrogen (secondary N) is 1. The number of anilines is 1. The van der Waals surface area contributed by atoms with E-state index in [1.54, 1.807) is 12.5 Å². The van der Waals surface area contributed by atoms with Crippen LogP contribution in [0.1, 0.15) is 18.0 Å². The van der Waals surface area contributed by atoms with Crippen molar-refractivity contribution >= 4 is 5.82 Å². The highest BCUT2D eigenvalue weighted by Crippen LogP contribution is 2.30. The normalized spacial score (nSPS) is 19.0. The molecule has 5 nitrogen and oxygen atoms in total. The van der Waals surface area contributed by atoms with Gasteiger partial charge in [-0.2, -0.15) is 0 Å². The third-order valence-corrected chi connectivity index (χ3v) is 3.28. The van der Waals surface area contributed by atoms with Crippen LogP contribution in [0.2, 0.25) is 0 Å². The van der Waals surface area contributed by atoms with Gasteiger partial charge < -0.3 is 11.1 Å². The molecule has 18 heavy (non-hydrogen) atoms. The lowest BCUT2D eigenvalue weighted by molar-refractivity contribution is 0.733. The van der Waals surface area contributed by atoms with E-state index in [-0.39, 0.29) is 0 Å². The predicted octanol–water partition coefficient (Wildman–Crippen LogP) is 1.20. The highest BCUT2D eigenvalue weighted by molar-refractivity contribution is 5.67. The molecule has 0 amide bonds. The minimum Gasteiger partial charge on any atom is -0.384 e. The zero-order valence-electron chi connectivity index (χ0n) is 10.0. The number of rotatable bonds is 2. The molecule has 0 aromatic carbocycles. The highest BCUT2D eigenvalue weighted by atomic mass is 14.9. The Morgan fingerprint density at radius 2 is 2.28 bits per heavy atom. The molecule has 1 fully saturated rings. The summed E-state index contributed by atoms with van der Waals surface area (Å²) in [5.41, 5.74) is 8.92. The van der Waals surface area contributed by atoms with Gasteiger partial charge in [-0.15, -0.1) is 0 Å². The van der Waals surface area contributed by atoms with Crippen molar-refractivity contribution in [2.24, 2.45) is 0 Å². The van der Waals surface area contributed by atoms with Gasteiger partial charge in [-0.25, -0.2) is 15.0 Å². The summed E-state index contributed by atoms with van der Waals surface area (Å²) in [6, 6.07) is 3.81. The zero-order valence-corrected chi connectivity index (χ0v) is 10.0. The summed E-state index contributed by atoms with van der Waals surface area (Å²) in [5.74, 6) is 0.976. The molecule has 2 aromatic heterocycles. The third-order valence-electron chi connectivity index (χ3n) is 3.28. The van der Waals surface area contributed by atoms with Crippen LogP contribution in [0.25, 0.3) is 11.1 Å². The number of aromatic nitrogens is 3. The van der Waals surface area contributed by atoms with Gasteiger partial charge in [0.25, 0.3) is 0 Å². The molecule has 0 aliphatic carbocycles. The number of hydrogen-bond donors (Lipinski definition) is 2. The summed E-state index contributed by atoms with van der Waals surface area (Å²) >= 11 is 0. The maximum absolute atomic E-state index is 5.74. The molecule has 92 valence electrons. The third kappa shape index (κ3) is 2.04. The lowest BCUT2D eigenvalue weighted by Crippen LogP contribution is -2.10. The second-order valence-corrected chi connectivity index (χ2v) is 4.48. The smallest absolute Gasteiger partial charge is 0.123 e. The first-order valence-corrected chi connectivity index (χ1v) is 6.07. The first kappa shape index (κ1) is 11.1. The molecule has 0 unspecified atom stereocenters. The van der Waals surface area contributed by atoms with E-state index in [0.717, 1.165) is 36.3 Å². The second-order valence-electron chi connectivity index (χ2n) is 4.48. The number of nitrogen functional groups attached to an aromatic ring is 1. The molecule has 1 aliphatic heterocycles. The Bertz CT molecular complexity index is 549. The van der Waals surface area contributed by atoms with Crippen LogP contribution in [-0.4, -0.2) is 28.0 Å². The fraction of sp³-hybridized carbons (Fsp3) is 0.308. The van der Waals surface area contributed by atoms with Crippen LogP contribution >= 0.6 is 0 Å². The molecule has 2 aromatic rings. The largest absolute Gasteiger partial charge is 0.384 e. The first-order chi connectivity index (χ1) is 8.84. The molecule has 1 saturated heterocycles. The number of nitrogens with two attached hydrogens (primary N) is 1. The topological polar surface area (TPSA) is 76.7 Å². The van der Waals surface area contributed by atoms with E-state index in [2.05, 4.69) is 20.3 Å². The van der Waals surface area contributed by atoms with Gasteiger partial charge in [0.2, 0.25) is 0 Å². The SMILES string of the molecule is Nc1cc(-c2cncnc2[C@H]2CCNC2)ccn1. The number of hydrogen-bond acceptors (Lipinski definition) is 5. The summed E-state index contributed by atoms with van der Waals surface area (Å²) in [6.45, 7) is 2.02. The Morgan fingerprint density at radius 1 is 1.33 bits per heavy atom. The molecule has 1 aliphatic rings. The van der Waals surface area contributed by atoms with Crippen molar-refractivity contribution < 1.29 is 0 Å². The van der Waals surface area contributed by atoms with E-state index < -0.39 is 0 Å². The summed E-state index contributed by atoms with van der Waals surface area (Å²) < 4.78 is 0. The van der Waals surface area contributed by atoms with Gasteiger partial charge in [0.1, 0.15) is 12.1 Å². The van der Waals surface area contributed by atoms with Gasteiger partial charge in [-0.05, 0) is 30.7 Å². The van der Waals surface area contributed by atoms with Gasteiger partial charge in [0.15, 0.2) is 0 Å². The zero-order chi connectivity index (χ0) is 12.4. The maximum Gasteiger partial charge on any atom is 0.123 e. The van der Waals surface area contributed by atoms with Gasteiger partial charge in [-0.3, -0.25) is 0 Å². The average molecular weight is 241 g/mol. The maximum atomic E-state index is 5.74. The van der Waals surface area contributed by atoms with Gasteiger partial charge in [0, 0.05) is 30.4 Å². The van der Waals surface area contributed by atoms with Crippen molar-refractivity contribution in [2.45, 2.75) is 12.3 Å². The summed E-state index contributed by atoms with van der Waals surface area (Å²) in [6.07, 6.45) is 6.30. The molecular weight excluding hydrogens is 226 g/mol. The van der Waals surface area contributed by atoms with Crippen molar-refractivity contribution in [1.29, 1.82) is 0 Å². The lowest BCUT2D eigenvalue weighted by Gasteiger charge is -2.13. The van der Waals surface area contributed by atoms with Crippen LogP contribution < -0.4 is 11.1 Å². The minimum absolute atomic E-state index is 0.456. The molecule has 0 radical (unpaired) electrons. The van der Waals surface area contributed by atoms with Crippen molar-refractivity contribution in [3.63, 3.8) is 0 Å². The van der Waals surface area contributed by atoms with Crippen molar-refractivity contribution in [2.75, 3.05) is 18.8 Å². The molecule has 0 bridgehead atoms. The minimum atomic E-state index is 0.456. The molecule has 0 spiro atoms. The molecule has 0 saturated carbocycles. The van der Waals surface area contributed by atoms with E-state index in [0.29, 0.717) is 11.7 Å². The fourth-order valence-corrected chi connectivity index (χ4v) is 2.39. The molecule has 3 heterocycles. The van der Waals surface area contributed by atoms with Crippen LogP contribution in [0.15, 0.2) is 30.9 Å². The lowest BCUT2D eigenvalue weighted by atomic mass is 9.96. The fourth-order valence-electron chi connectivity index (χ4n) is 2.39. The molecule has 3 rings (SSSR count). The van der Waals surface area contributed by atoms with Crippen molar-refractivity contribution in [1.82, 2.24) is 20.3 Å². The second kappa shape index (κ2) is 4.70. The summed E-state index contributed by atoms with van der Waals surface area (Å²) in [7, 11) is 0.